The van der Waals surface area contributed by atoms with Crippen molar-refractivity contribution in [1.82, 2.24) is 4.90 Å². The molecule has 0 heterocycles. The summed E-state index contributed by atoms with van der Waals surface area (Å²) < 4.78 is 32.6. The Hall–Kier alpha value is -2.76. The summed E-state index contributed by atoms with van der Waals surface area (Å²) in [5, 5.41) is 0. The Morgan fingerprint density at radius 1 is 1.15 bits per heavy atom. The number of ketones is 1. The lowest BCUT2D eigenvalue weighted by atomic mass is 10.0. The Morgan fingerprint density at radius 2 is 1.85 bits per heavy atom. The van der Waals surface area contributed by atoms with Crippen LogP contribution >= 0.6 is 0 Å². The Balaban J connectivity index is 2.25. The molecule has 0 spiro atoms. The number of hydrogen-bond donors (Lipinski definition) is 0. The van der Waals surface area contributed by atoms with Gasteiger partial charge in [0.15, 0.2) is 5.78 Å². The predicted molar refractivity (Wildman–Crippen MR) is 94.2 cm³/mol. The normalized spacial score (nSPS) is 11.8. The summed E-state index contributed by atoms with van der Waals surface area (Å²) in [5.41, 5.74) is 1.13. The fourth-order valence-corrected chi connectivity index (χ4v) is 2.68. The Bertz CT molecular complexity index is 836. The van der Waals surface area contributed by atoms with Crippen LogP contribution < -0.4 is 4.74 Å². The fourth-order valence-electron chi connectivity index (χ4n) is 2.68. The quantitative estimate of drug-likeness (QED) is 0.732. The average Bonchev–Trinajstić information content (AvgIpc) is 2.62. The number of amides is 1. The summed E-state index contributed by atoms with van der Waals surface area (Å²) >= 11 is 0. The van der Waals surface area contributed by atoms with E-state index in [9.17, 15) is 18.4 Å². The second-order valence-electron chi connectivity index (χ2n) is 6.11. The van der Waals surface area contributed by atoms with Gasteiger partial charge < -0.3 is 9.64 Å². The standard InChI is InChI=1S/C20H21F2NO3/c1-12(17-11-16(21)6-7-18(17)22)23(3)20(25)10-15-9-14(13(2)24)5-8-19(15)26-4/h5-9,11-12H,10H2,1-4H3. The minimum atomic E-state index is -0.653. The largest absolute Gasteiger partial charge is 0.496 e. The number of nitrogens with zero attached hydrogens (tertiary/aromatic N) is 1. The number of rotatable bonds is 6. The maximum atomic E-state index is 14.0. The molecule has 2 aromatic rings. The lowest BCUT2D eigenvalue weighted by Crippen LogP contribution is -2.31. The summed E-state index contributed by atoms with van der Waals surface area (Å²) in [6.07, 6.45) is -0.0257. The molecule has 6 heteroatoms. The second kappa shape index (κ2) is 8.08. The molecule has 4 nitrogen and oxygen atoms in total. The zero-order chi connectivity index (χ0) is 19.4. The molecule has 0 aliphatic carbocycles. The van der Waals surface area contributed by atoms with Gasteiger partial charge in [0.25, 0.3) is 0 Å². The number of carbonyl (C=O) groups excluding carboxylic acids is 2. The number of Topliss-reactive ketones (excluding diaryl/α,β-unsaturated/α-hetero) is 1. The van der Waals surface area contributed by atoms with Gasteiger partial charge in [-0.05, 0) is 50.2 Å². The lowest BCUT2D eigenvalue weighted by molar-refractivity contribution is -0.131. The van der Waals surface area contributed by atoms with Gasteiger partial charge in [0.2, 0.25) is 5.91 Å². The number of carbonyl (C=O) groups is 2. The molecule has 0 fully saturated rings. The van der Waals surface area contributed by atoms with E-state index in [2.05, 4.69) is 0 Å². The highest BCUT2D eigenvalue weighted by Crippen LogP contribution is 2.26. The van der Waals surface area contributed by atoms with E-state index >= 15 is 0 Å². The first-order chi connectivity index (χ1) is 12.2. The van der Waals surface area contributed by atoms with Crippen LogP contribution in [-0.2, 0) is 11.2 Å². The number of ether oxygens (including phenoxy) is 1. The first-order valence-electron chi connectivity index (χ1n) is 8.13. The maximum absolute atomic E-state index is 14.0. The molecule has 138 valence electrons. The van der Waals surface area contributed by atoms with E-state index in [1.807, 2.05) is 0 Å². The van der Waals surface area contributed by atoms with E-state index in [0.29, 0.717) is 16.9 Å². The number of halogens is 2. The van der Waals surface area contributed by atoms with Gasteiger partial charge >= 0.3 is 0 Å². The van der Waals surface area contributed by atoms with Crippen molar-refractivity contribution in [2.24, 2.45) is 0 Å². The van der Waals surface area contributed by atoms with Crippen LogP contribution in [0.4, 0.5) is 8.78 Å². The third kappa shape index (κ3) is 4.25. The molecule has 0 radical (unpaired) electrons. The third-order valence-corrected chi connectivity index (χ3v) is 4.41. The molecule has 0 aromatic heterocycles. The Morgan fingerprint density at radius 3 is 2.46 bits per heavy atom. The molecule has 1 atom stereocenters. The molecule has 0 bridgehead atoms. The molecule has 2 rings (SSSR count). The van der Waals surface area contributed by atoms with Gasteiger partial charge in [-0.15, -0.1) is 0 Å². The number of methoxy groups -OCH3 is 1. The van der Waals surface area contributed by atoms with E-state index < -0.39 is 17.7 Å². The zero-order valence-electron chi connectivity index (χ0n) is 15.2. The van der Waals surface area contributed by atoms with Crippen LogP contribution in [0.5, 0.6) is 5.75 Å². The van der Waals surface area contributed by atoms with Crippen molar-refractivity contribution in [2.75, 3.05) is 14.2 Å². The highest BCUT2D eigenvalue weighted by atomic mass is 19.1. The summed E-state index contributed by atoms with van der Waals surface area (Å²) in [7, 11) is 3.00. The molecular weight excluding hydrogens is 340 g/mol. The van der Waals surface area contributed by atoms with E-state index in [-0.39, 0.29) is 23.7 Å². The van der Waals surface area contributed by atoms with Crippen molar-refractivity contribution in [3.05, 3.63) is 64.7 Å². The predicted octanol–water partition coefficient (Wildman–Crippen LogP) is 3.94. The molecule has 0 N–H and O–H groups in total. The van der Waals surface area contributed by atoms with Crippen LogP contribution in [0.2, 0.25) is 0 Å². The maximum Gasteiger partial charge on any atom is 0.227 e. The third-order valence-electron chi connectivity index (χ3n) is 4.41. The van der Waals surface area contributed by atoms with Crippen molar-refractivity contribution in [3.8, 4) is 5.75 Å². The van der Waals surface area contributed by atoms with Gasteiger partial charge in [-0.25, -0.2) is 8.78 Å². The second-order valence-corrected chi connectivity index (χ2v) is 6.11. The molecule has 0 saturated carbocycles. The van der Waals surface area contributed by atoms with Crippen LogP contribution in [0, 0.1) is 11.6 Å². The Labute approximate surface area is 151 Å². The zero-order valence-corrected chi connectivity index (χ0v) is 15.2. The lowest BCUT2D eigenvalue weighted by Gasteiger charge is -2.26. The molecule has 1 unspecified atom stereocenters. The van der Waals surface area contributed by atoms with Crippen LogP contribution in [0.15, 0.2) is 36.4 Å². The summed E-state index contributed by atoms with van der Waals surface area (Å²) in [6, 6.07) is 7.38. The molecular formula is C20H21F2NO3. The van der Waals surface area contributed by atoms with E-state index in [0.717, 1.165) is 18.2 Å². The van der Waals surface area contributed by atoms with Crippen molar-refractivity contribution in [1.29, 1.82) is 0 Å². The molecule has 1 amide bonds. The number of hydrogen-bond acceptors (Lipinski definition) is 3. The number of likely N-dealkylation sites (N-methyl/N-ethyl adjacent to an activating group) is 1. The minimum Gasteiger partial charge on any atom is -0.496 e. The monoisotopic (exact) mass is 361 g/mol. The van der Waals surface area contributed by atoms with E-state index in [4.69, 9.17) is 4.74 Å². The van der Waals surface area contributed by atoms with Crippen molar-refractivity contribution >= 4 is 11.7 Å². The van der Waals surface area contributed by atoms with Crippen molar-refractivity contribution in [2.45, 2.75) is 26.3 Å². The fraction of sp³-hybridized carbons (Fsp3) is 0.300. The first kappa shape index (κ1) is 19.6. The SMILES string of the molecule is COc1ccc(C(C)=O)cc1CC(=O)N(C)C(C)c1cc(F)ccc1F. The molecule has 0 aliphatic heterocycles. The van der Waals surface area contributed by atoms with Crippen molar-refractivity contribution < 1.29 is 23.1 Å². The first-order valence-corrected chi connectivity index (χ1v) is 8.13. The highest BCUT2D eigenvalue weighted by molar-refractivity contribution is 5.94. The van der Waals surface area contributed by atoms with Gasteiger partial charge in [-0.3, -0.25) is 9.59 Å². The highest BCUT2D eigenvalue weighted by Gasteiger charge is 2.22. The Kier molecular flexibility index (Phi) is 6.08. The van der Waals surface area contributed by atoms with Crippen LogP contribution in [-0.4, -0.2) is 30.7 Å². The molecule has 26 heavy (non-hydrogen) atoms. The summed E-state index contributed by atoms with van der Waals surface area (Å²) in [4.78, 5) is 25.6. The summed E-state index contributed by atoms with van der Waals surface area (Å²) in [6.45, 7) is 3.06. The average molecular weight is 361 g/mol. The minimum absolute atomic E-state index is 0.0257. The van der Waals surface area contributed by atoms with Gasteiger partial charge in [0.05, 0.1) is 19.6 Å². The van der Waals surface area contributed by atoms with E-state index in [1.165, 1.54) is 26.0 Å². The van der Waals surface area contributed by atoms with Crippen LogP contribution in [0.1, 0.15) is 41.4 Å². The smallest absolute Gasteiger partial charge is 0.227 e. The van der Waals surface area contributed by atoms with Gasteiger partial charge in [0.1, 0.15) is 17.4 Å². The van der Waals surface area contributed by atoms with Crippen LogP contribution in [0.25, 0.3) is 0 Å². The topological polar surface area (TPSA) is 46.6 Å². The molecule has 2 aromatic carbocycles. The summed E-state index contributed by atoms with van der Waals surface area (Å²) in [5.74, 6) is -1.08. The van der Waals surface area contributed by atoms with Gasteiger partial charge in [-0.2, -0.15) is 0 Å². The van der Waals surface area contributed by atoms with Gasteiger partial charge in [0, 0.05) is 23.7 Å². The van der Waals surface area contributed by atoms with Crippen molar-refractivity contribution in [3.63, 3.8) is 0 Å². The molecule has 0 saturated heterocycles. The van der Waals surface area contributed by atoms with E-state index in [1.54, 1.807) is 25.1 Å². The van der Waals surface area contributed by atoms with Crippen LogP contribution in [0.3, 0.4) is 0 Å². The number of benzene rings is 2. The molecule has 0 aliphatic rings. The van der Waals surface area contributed by atoms with Gasteiger partial charge in [-0.1, -0.05) is 0 Å².